The van der Waals surface area contributed by atoms with Gasteiger partial charge in [0, 0.05) is 25.8 Å². The van der Waals surface area contributed by atoms with Gasteiger partial charge in [0.2, 0.25) is 5.91 Å². The molecular formula is C14H17N3O3. The fraction of sp³-hybridized carbons (Fsp3) is 0.500. The number of carbonyl (C=O) groups excluding carboxylic acids is 1. The summed E-state index contributed by atoms with van der Waals surface area (Å²) in [7, 11) is 0. The number of pyridine rings is 1. The molecule has 2 fully saturated rings. The molecular weight excluding hydrogens is 258 g/mol. The molecule has 0 aromatic carbocycles. The molecule has 0 radical (unpaired) electrons. The van der Waals surface area contributed by atoms with Gasteiger partial charge in [-0.15, -0.1) is 0 Å². The highest BCUT2D eigenvalue weighted by atomic mass is 16.4. The Bertz CT molecular complexity index is 520. The highest BCUT2D eigenvalue weighted by molar-refractivity contribution is 5.96. The lowest BCUT2D eigenvalue weighted by Gasteiger charge is -2.33. The summed E-state index contributed by atoms with van der Waals surface area (Å²) in [6, 6.07) is 3.70. The zero-order chi connectivity index (χ0) is 14.1. The standard InChI is InChI=1S/C14H17N3O3/c18-13(19)9-16-7-10-3-5-17(14(20)12(10)8-16)11-2-1-4-15-6-11/h1-2,4,6,10,12H,3,5,7-9H2,(H,18,19)/t10-,12+/m1/s1. The first-order valence-corrected chi connectivity index (χ1v) is 6.80. The van der Waals surface area contributed by atoms with Gasteiger partial charge in [-0.25, -0.2) is 0 Å². The predicted octanol–water partition coefficient (Wildman–Crippen LogP) is 0.451. The molecule has 2 saturated heterocycles. The van der Waals surface area contributed by atoms with Crippen LogP contribution in [0.3, 0.4) is 0 Å². The van der Waals surface area contributed by atoms with E-state index in [0.29, 0.717) is 19.6 Å². The van der Waals surface area contributed by atoms with Crippen molar-refractivity contribution in [2.24, 2.45) is 11.8 Å². The van der Waals surface area contributed by atoms with Crippen LogP contribution in [0.25, 0.3) is 0 Å². The smallest absolute Gasteiger partial charge is 0.317 e. The second-order valence-electron chi connectivity index (χ2n) is 5.44. The Morgan fingerprint density at radius 3 is 3.00 bits per heavy atom. The molecule has 1 amide bonds. The first kappa shape index (κ1) is 13.1. The molecule has 2 aliphatic rings. The third kappa shape index (κ3) is 2.38. The molecule has 1 N–H and O–H groups in total. The SMILES string of the molecule is O=C(O)CN1C[C@H]2CCN(c3cccnc3)C(=O)[C@H]2C1. The molecule has 6 heteroatoms. The van der Waals surface area contributed by atoms with Gasteiger partial charge in [0.25, 0.3) is 0 Å². The summed E-state index contributed by atoms with van der Waals surface area (Å²) in [4.78, 5) is 31.0. The van der Waals surface area contributed by atoms with Gasteiger partial charge in [-0.05, 0) is 24.5 Å². The average Bonchev–Trinajstić information content (AvgIpc) is 2.83. The van der Waals surface area contributed by atoms with Gasteiger partial charge < -0.3 is 10.0 Å². The zero-order valence-corrected chi connectivity index (χ0v) is 11.1. The van der Waals surface area contributed by atoms with Gasteiger partial charge in [-0.3, -0.25) is 19.5 Å². The van der Waals surface area contributed by atoms with Gasteiger partial charge in [-0.1, -0.05) is 0 Å². The Labute approximate surface area is 117 Å². The monoisotopic (exact) mass is 275 g/mol. The van der Waals surface area contributed by atoms with Crippen molar-refractivity contribution < 1.29 is 14.7 Å². The topological polar surface area (TPSA) is 73.7 Å². The van der Waals surface area contributed by atoms with Crippen molar-refractivity contribution in [1.82, 2.24) is 9.88 Å². The second kappa shape index (κ2) is 5.20. The number of amides is 1. The summed E-state index contributed by atoms with van der Waals surface area (Å²) in [5.74, 6) is -0.527. The van der Waals surface area contributed by atoms with Crippen molar-refractivity contribution in [3.05, 3.63) is 24.5 Å². The third-order valence-corrected chi connectivity index (χ3v) is 4.14. The van der Waals surface area contributed by atoms with Crippen LogP contribution in [0.2, 0.25) is 0 Å². The van der Waals surface area contributed by atoms with Crippen molar-refractivity contribution >= 4 is 17.6 Å². The minimum atomic E-state index is -0.833. The lowest BCUT2D eigenvalue weighted by atomic mass is 9.88. The largest absolute Gasteiger partial charge is 0.480 e. The number of carboxylic acids is 1. The van der Waals surface area contributed by atoms with Crippen LogP contribution in [0.5, 0.6) is 0 Å². The number of aliphatic carboxylic acids is 1. The maximum atomic E-state index is 12.6. The first-order valence-electron chi connectivity index (χ1n) is 6.80. The molecule has 0 unspecified atom stereocenters. The molecule has 3 rings (SSSR count). The number of anilines is 1. The molecule has 1 aromatic rings. The Morgan fingerprint density at radius 2 is 2.30 bits per heavy atom. The highest BCUT2D eigenvalue weighted by Gasteiger charge is 2.43. The van der Waals surface area contributed by atoms with Crippen LogP contribution >= 0.6 is 0 Å². The van der Waals surface area contributed by atoms with Gasteiger partial charge in [-0.2, -0.15) is 0 Å². The van der Waals surface area contributed by atoms with Crippen LogP contribution in [-0.2, 0) is 9.59 Å². The maximum Gasteiger partial charge on any atom is 0.317 e. The van der Waals surface area contributed by atoms with Crippen molar-refractivity contribution in [1.29, 1.82) is 0 Å². The summed E-state index contributed by atoms with van der Waals surface area (Å²) in [6.45, 7) is 1.97. The molecule has 106 valence electrons. The second-order valence-corrected chi connectivity index (χ2v) is 5.44. The number of piperidine rings is 1. The molecule has 0 saturated carbocycles. The number of carboxylic acid groups (broad SMARTS) is 1. The summed E-state index contributed by atoms with van der Waals surface area (Å²) >= 11 is 0. The molecule has 0 bridgehead atoms. The quantitative estimate of drug-likeness (QED) is 0.867. The fourth-order valence-electron chi connectivity index (χ4n) is 3.23. The van der Waals surface area contributed by atoms with E-state index in [1.165, 1.54) is 0 Å². The number of rotatable bonds is 3. The molecule has 0 spiro atoms. The van der Waals surface area contributed by atoms with E-state index in [0.717, 1.165) is 12.1 Å². The summed E-state index contributed by atoms with van der Waals surface area (Å²) in [6.07, 6.45) is 4.30. The van der Waals surface area contributed by atoms with E-state index in [9.17, 15) is 9.59 Å². The molecule has 2 atom stereocenters. The van der Waals surface area contributed by atoms with E-state index in [1.807, 2.05) is 17.0 Å². The summed E-state index contributed by atoms with van der Waals surface area (Å²) < 4.78 is 0. The number of nitrogens with zero attached hydrogens (tertiary/aromatic N) is 3. The zero-order valence-electron chi connectivity index (χ0n) is 11.1. The Kier molecular flexibility index (Phi) is 3.40. The molecule has 0 aliphatic carbocycles. The van der Waals surface area contributed by atoms with Crippen molar-refractivity contribution in [2.45, 2.75) is 6.42 Å². The van der Waals surface area contributed by atoms with E-state index < -0.39 is 5.97 Å². The van der Waals surface area contributed by atoms with Gasteiger partial charge in [0.1, 0.15) is 0 Å². The predicted molar refractivity (Wildman–Crippen MR) is 72.3 cm³/mol. The lowest BCUT2D eigenvalue weighted by Crippen LogP contribution is -2.45. The summed E-state index contributed by atoms with van der Waals surface area (Å²) in [5, 5.41) is 8.86. The van der Waals surface area contributed by atoms with Gasteiger partial charge in [0.05, 0.1) is 24.3 Å². The lowest BCUT2D eigenvalue weighted by molar-refractivity contribution is -0.138. The normalized spacial score (nSPS) is 26.6. The Hall–Kier alpha value is -1.95. The molecule has 1 aromatic heterocycles. The maximum absolute atomic E-state index is 12.6. The number of aromatic nitrogens is 1. The van der Waals surface area contributed by atoms with Crippen molar-refractivity contribution in [3.8, 4) is 0 Å². The van der Waals surface area contributed by atoms with Gasteiger partial charge >= 0.3 is 5.97 Å². The number of hydrogen-bond acceptors (Lipinski definition) is 4. The van der Waals surface area contributed by atoms with Crippen LogP contribution in [0.1, 0.15) is 6.42 Å². The van der Waals surface area contributed by atoms with Crippen LogP contribution < -0.4 is 4.90 Å². The molecule has 6 nitrogen and oxygen atoms in total. The van der Waals surface area contributed by atoms with Crippen LogP contribution in [0.4, 0.5) is 5.69 Å². The number of likely N-dealkylation sites (tertiary alicyclic amines) is 1. The van der Waals surface area contributed by atoms with Crippen LogP contribution in [0.15, 0.2) is 24.5 Å². The molecule has 2 aliphatic heterocycles. The number of fused-ring (bicyclic) bond motifs is 1. The Morgan fingerprint density at radius 1 is 1.45 bits per heavy atom. The van der Waals surface area contributed by atoms with Crippen molar-refractivity contribution in [3.63, 3.8) is 0 Å². The van der Waals surface area contributed by atoms with Crippen molar-refractivity contribution in [2.75, 3.05) is 31.1 Å². The number of carbonyl (C=O) groups is 2. The van der Waals surface area contributed by atoms with E-state index >= 15 is 0 Å². The van der Waals surface area contributed by atoms with E-state index in [1.54, 1.807) is 17.3 Å². The highest BCUT2D eigenvalue weighted by Crippen LogP contribution is 2.33. The van der Waals surface area contributed by atoms with E-state index in [2.05, 4.69) is 4.98 Å². The summed E-state index contributed by atoms with van der Waals surface area (Å²) in [5.41, 5.74) is 0.827. The number of hydrogen-bond donors (Lipinski definition) is 1. The molecule has 3 heterocycles. The fourth-order valence-corrected chi connectivity index (χ4v) is 3.23. The third-order valence-electron chi connectivity index (χ3n) is 4.14. The van der Waals surface area contributed by atoms with E-state index in [4.69, 9.17) is 5.11 Å². The Balaban J connectivity index is 1.73. The van der Waals surface area contributed by atoms with Crippen LogP contribution in [0, 0.1) is 11.8 Å². The van der Waals surface area contributed by atoms with Gasteiger partial charge in [0.15, 0.2) is 0 Å². The van der Waals surface area contributed by atoms with Crippen LogP contribution in [-0.4, -0.2) is 53.0 Å². The first-order chi connectivity index (χ1) is 9.65. The minimum absolute atomic E-state index is 0.0210. The molecule has 20 heavy (non-hydrogen) atoms. The average molecular weight is 275 g/mol. The van der Waals surface area contributed by atoms with E-state index in [-0.39, 0.29) is 24.3 Å². The minimum Gasteiger partial charge on any atom is -0.480 e.